The van der Waals surface area contributed by atoms with Gasteiger partial charge in [-0.3, -0.25) is 0 Å². The summed E-state index contributed by atoms with van der Waals surface area (Å²) in [6.07, 6.45) is 0.990. The Morgan fingerprint density at radius 1 is 1.36 bits per heavy atom. The maximum atomic E-state index is 5.46. The third-order valence-electron chi connectivity index (χ3n) is 4.48. The second kappa shape index (κ2) is 8.11. The van der Waals surface area contributed by atoms with Crippen LogP contribution in [0.3, 0.4) is 0 Å². The Kier molecular flexibility index (Phi) is 5.65. The van der Waals surface area contributed by atoms with E-state index in [1.807, 2.05) is 36.7 Å². The second-order valence-corrected chi connectivity index (χ2v) is 6.37. The molecule has 0 radical (unpaired) electrons. The van der Waals surface area contributed by atoms with E-state index in [2.05, 4.69) is 39.9 Å². The number of aromatic nitrogens is 3. The lowest BCUT2D eigenvalue weighted by molar-refractivity contribution is 0.192. The topological polar surface area (TPSA) is 76.4 Å². The van der Waals surface area contributed by atoms with Gasteiger partial charge in [-0.25, -0.2) is 4.99 Å². The molecule has 0 bridgehead atoms. The molecule has 1 aliphatic rings. The summed E-state index contributed by atoms with van der Waals surface area (Å²) in [5.74, 6) is 2.50. The summed E-state index contributed by atoms with van der Waals surface area (Å²) < 4.78 is 7.42. The van der Waals surface area contributed by atoms with Gasteiger partial charge in [0.05, 0.1) is 18.7 Å². The van der Waals surface area contributed by atoms with Crippen LogP contribution < -0.4 is 10.6 Å². The van der Waals surface area contributed by atoms with E-state index < -0.39 is 0 Å². The van der Waals surface area contributed by atoms with Crippen LogP contribution in [-0.4, -0.2) is 40.0 Å². The third-order valence-corrected chi connectivity index (χ3v) is 4.48. The molecule has 25 heavy (non-hydrogen) atoms. The molecule has 2 atom stereocenters. The van der Waals surface area contributed by atoms with Crippen molar-refractivity contribution in [1.29, 1.82) is 0 Å². The molecule has 1 aliphatic heterocycles. The smallest absolute Gasteiger partial charge is 0.192 e. The molecule has 0 spiro atoms. The van der Waals surface area contributed by atoms with Crippen LogP contribution in [0.4, 0.5) is 0 Å². The monoisotopic (exact) mass is 342 g/mol. The fourth-order valence-corrected chi connectivity index (χ4v) is 2.74. The van der Waals surface area contributed by atoms with E-state index >= 15 is 0 Å². The van der Waals surface area contributed by atoms with E-state index in [-0.39, 0.29) is 12.1 Å². The van der Waals surface area contributed by atoms with Crippen LogP contribution in [0, 0.1) is 6.92 Å². The zero-order chi connectivity index (χ0) is 17.6. The molecule has 1 fully saturated rings. The van der Waals surface area contributed by atoms with Gasteiger partial charge in [0.15, 0.2) is 11.8 Å². The Bertz CT molecular complexity index is 706. The SMILES string of the molecule is Cc1nnc(CN=C(NC2CCOC2)NC(C)c2ccccc2)n1C. The van der Waals surface area contributed by atoms with Crippen molar-refractivity contribution in [2.75, 3.05) is 13.2 Å². The lowest BCUT2D eigenvalue weighted by atomic mass is 10.1. The molecule has 0 aliphatic carbocycles. The van der Waals surface area contributed by atoms with Crippen molar-refractivity contribution in [3.8, 4) is 0 Å². The van der Waals surface area contributed by atoms with Gasteiger partial charge in [0.25, 0.3) is 0 Å². The first kappa shape index (κ1) is 17.4. The minimum absolute atomic E-state index is 0.149. The molecule has 1 saturated heterocycles. The number of hydrogen-bond donors (Lipinski definition) is 2. The molecule has 1 aromatic heterocycles. The summed E-state index contributed by atoms with van der Waals surface area (Å²) in [4.78, 5) is 4.71. The van der Waals surface area contributed by atoms with E-state index in [0.717, 1.165) is 30.6 Å². The van der Waals surface area contributed by atoms with Crippen LogP contribution >= 0.6 is 0 Å². The lowest BCUT2D eigenvalue weighted by Gasteiger charge is -2.21. The Morgan fingerprint density at radius 3 is 2.80 bits per heavy atom. The standard InChI is InChI=1S/C18H26N6O/c1-13(15-7-5-4-6-8-15)20-18(21-16-9-10-25-12-16)19-11-17-23-22-14(2)24(17)3/h4-8,13,16H,9-12H2,1-3H3,(H2,19,20,21). The summed E-state index contributed by atoms with van der Waals surface area (Å²) >= 11 is 0. The Morgan fingerprint density at radius 2 is 2.16 bits per heavy atom. The van der Waals surface area contributed by atoms with Crippen molar-refractivity contribution in [2.45, 2.75) is 38.9 Å². The van der Waals surface area contributed by atoms with Gasteiger partial charge in [0, 0.05) is 13.7 Å². The predicted octanol–water partition coefficient (Wildman–Crippen LogP) is 1.71. The number of nitrogens with zero attached hydrogens (tertiary/aromatic N) is 4. The van der Waals surface area contributed by atoms with Crippen molar-refractivity contribution < 1.29 is 4.74 Å². The molecular weight excluding hydrogens is 316 g/mol. The van der Waals surface area contributed by atoms with Crippen molar-refractivity contribution in [2.24, 2.45) is 12.0 Å². The first-order chi connectivity index (χ1) is 12.1. The largest absolute Gasteiger partial charge is 0.379 e. The average molecular weight is 342 g/mol. The Labute approximate surface area is 148 Å². The molecule has 0 saturated carbocycles. The fourth-order valence-electron chi connectivity index (χ4n) is 2.74. The summed E-state index contributed by atoms with van der Waals surface area (Å²) in [5, 5.41) is 15.2. The predicted molar refractivity (Wildman–Crippen MR) is 97.2 cm³/mol. The highest BCUT2D eigenvalue weighted by Gasteiger charge is 2.18. The lowest BCUT2D eigenvalue weighted by Crippen LogP contribution is -2.44. The quantitative estimate of drug-likeness (QED) is 0.639. The maximum Gasteiger partial charge on any atom is 0.192 e. The van der Waals surface area contributed by atoms with Gasteiger partial charge >= 0.3 is 0 Å². The molecule has 2 heterocycles. The van der Waals surface area contributed by atoms with Crippen LogP contribution in [0.5, 0.6) is 0 Å². The minimum Gasteiger partial charge on any atom is -0.379 e. The highest BCUT2D eigenvalue weighted by Crippen LogP contribution is 2.12. The van der Waals surface area contributed by atoms with Crippen LogP contribution in [0.1, 0.15) is 36.6 Å². The summed E-state index contributed by atoms with van der Waals surface area (Å²) in [7, 11) is 1.96. The van der Waals surface area contributed by atoms with Crippen molar-refractivity contribution >= 4 is 5.96 Å². The number of aryl methyl sites for hydroxylation is 1. The first-order valence-electron chi connectivity index (χ1n) is 8.68. The zero-order valence-corrected chi connectivity index (χ0v) is 15.1. The van der Waals surface area contributed by atoms with Gasteiger partial charge in [-0.05, 0) is 25.8 Å². The van der Waals surface area contributed by atoms with E-state index in [9.17, 15) is 0 Å². The number of rotatable bonds is 5. The van der Waals surface area contributed by atoms with E-state index in [1.165, 1.54) is 5.56 Å². The summed E-state index contributed by atoms with van der Waals surface area (Å²) in [6.45, 7) is 6.04. The third kappa shape index (κ3) is 4.57. The van der Waals surface area contributed by atoms with Crippen LogP contribution in [-0.2, 0) is 18.3 Å². The molecule has 7 nitrogen and oxygen atoms in total. The minimum atomic E-state index is 0.149. The van der Waals surface area contributed by atoms with Gasteiger partial charge in [-0.2, -0.15) is 0 Å². The molecule has 2 unspecified atom stereocenters. The second-order valence-electron chi connectivity index (χ2n) is 6.37. The first-order valence-corrected chi connectivity index (χ1v) is 8.68. The zero-order valence-electron chi connectivity index (χ0n) is 15.1. The average Bonchev–Trinajstić information content (AvgIpc) is 3.25. The molecule has 134 valence electrons. The molecule has 2 N–H and O–H groups in total. The number of aliphatic imine (C=N–C) groups is 1. The highest BCUT2D eigenvalue weighted by molar-refractivity contribution is 5.80. The van der Waals surface area contributed by atoms with Crippen LogP contribution in [0.2, 0.25) is 0 Å². The highest BCUT2D eigenvalue weighted by atomic mass is 16.5. The normalized spacial score (nSPS) is 19.0. The van der Waals surface area contributed by atoms with Gasteiger partial charge in [-0.15, -0.1) is 10.2 Å². The van der Waals surface area contributed by atoms with Gasteiger partial charge in [0.2, 0.25) is 0 Å². The molecular formula is C18H26N6O. The Hall–Kier alpha value is -2.41. The molecule has 1 aromatic carbocycles. The van der Waals surface area contributed by atoms with Gasteiger partial charge in [0.1, 0.15) is 12.4 Å². The van der Waals surface area contributed by atoms with E-state index in [0.29, 0.717) is 13.2 Å². The number of nitrogens with one attached hydrogen (secondary N) is 2. The van der Waals surface area contributed by atoms with E-state index in [1.54, 1.807) is 0 Å². The molecule has 2 aromatic rings. The number of hydrogen-bond acceptors (Lipinski definition) is 4. The molecule has 7 heteroatoms. The number of ether oxygens (including phenoxy) is 1. The van der Waals surface area contributed by atoms with Crippen LogP contribution in [0.15, 0.2) is 35.3 Å². The summed E-state index contributed by atoms with van der Waals surface area (Å²) in [6, 6.07) is 10.8. The summed E-state index contributed by atoms with van der Waals surface area (Å²) in [5.41, 5.74) is 1.22. The number of benzene rings is 1. The number of guanidine groups is 1. The van der Waals surface area contributed by atoms with Crippen molar-refractivity contribution in [3.05, 3.63) is 47.5 Å². The molecule has 3 rings (SSSR count). The fraction of sp³-hybridized carbons (Fsp3) is 0.500. The van der Waals surface area contributed by atoms with Gasteiger partial charge < -0.3 is 19.9 Å². The van der Waals surface area contributed by atoms with Crippen molar-refractivity contribution in [1.82, 2.24) is 25.4 Å². The maximum absolute atomic E-state index is 5.46. The van der Waals surface area contributed by atoms with Crippen LogP contribution in [0.25, 0.3) is 0 Å². The Balaban J connectivity index is 1.71. The van der Waals surface area contributed by atoms with Gasteiger partial charge in [-0.1, -0.05) is 30.3 Å². The van der Waals surface area contributed by atoms with E-state index in [4.69, 9.17) is 9.73 Å². The molecule has 0 amide bonds. The van der Waals surface area contributed by atoms with Crippen molar-refractivity contribution in [3.63, 3.8) is 0 Å².